The van der Waals surface area contributed by atoms with Crippen LogP contribution in [0, 0.1) is 5.92 Å². The van der Waals surface area contributed by atoms with Gasteiger partial charge in [0.1, 0.15) is 0 Å². The molecule has 0 saturated carbocycles. The van der Waals surface area contributed by atoms with E-state index in [1.54, 1.807) is 0 Å². The van der Waals surface area contributed by atoms with E-state index in [4.69, 9.17) is 16.3 Å². The Hall–Kier alpha value is -0.270. The summed E-state index contributed by atoms with van der Waals surface area (Å²) >= 11 is 6.14. The van der Waals surface area contributed by atoms with Gasteiger partial charge in [0, 0.05) is 11.0 Å². The molecular formula is C11H15ClO. The van der Waals surface area contributed by atoms with E-state index >= 15 is 0 Å². The summed E-state index contributed by atoms with van der Waals surface area (Å²) in [5, 5.41) is 0.851. The second kappa shape index (κ2) is 3.14. The van der Waals surface area contributed by atoms with Crippen LogP contribution in [0.15, 0.2) is 23.3 Å². The van der Waals surface area contributed by atoms with Crippen LogP contribution in [0.3, 0.4) is 0 Å². The summed E-state index contributed by atoms with van der Waals surface area (Å²) < 4.78 is 5.90. The highest BCUT2D eigenvalue weighted by atomic mass is 35.5. The Bertz CT molecular complexity index is 265. The fourth-order valence-corrected chi connectivity index (χ4v) is 2.12. The molecule has 0 aromatic heterocycles. The van der Waals surface area contributed by atoms with E-state index in [1.165, 1.54) is 0 Å². The second-order valence-corrected chi connectivity index (χ2v) is 4.68. The van der Waals surface area contributed by atoms with E-state index in [1.807, 2.05) is 13.8 Å². The van der Waals surface area contributed by atoms with Gasteiger partial charge in [0.15, 0.2) is 0 Å². The minimum atomic E-state index is -0.301. The third-order valence-corrected chi connectivity index (χ3v) is 3.36. The van der Waals surface area contributed by atoms with Gasteiger partial charge in [0.05, 0.1) is 11.7 Å². The van der Waals surface area contributed by atoms with Gasteiger partial charge in [-0.2, -0.15) is 0 Å². The van der Waals surface area contributed by atoms with Gasteiger partial charge in [-0.1, -0.05) is 29.8 Å². The van der Waals surface area contributed by atoms with Crippen molar-refractivity contribution in [2.45, 2.75) is 38.4 Å². The van der Waals surface area contributed by atoms with Gasteiger partial charge in [-0.15, -0.1) is 0 Å². The van der Waals surface area contributed by atoms with Crippen LogP contribution in [0.2, 0.25) is 0 Å². The van der Waals surface area contributed by atoms with Crippen LogP contribution >= 0.6 is 11.6 Å². The van der Waals surface area contributed by atoms with Gasteiger partial charge in [0.25, 0.3) is 0 Å². The molecule has 0 radical (unpaired) electrons. The molecule has 2 heteroatoms. The maximum atomic E-state index is 6.14. The van der Waals surface area contributed by atoms with Gasteiger partial charge in [-0.25, -0.2) is 0 Å². The summed E-state index contributed by atoms with van der Waals surface area (Å²) in [6.07, 6.45) is 9.07. The number of hydrogen-bond donors (Lipinski definition) is 0. The first-order chi connectivity index (χ1) is 6.09. The molecule has 0 N–H and O–H groups in total. The first-order valence-corrected chi connectivity index (χ1v) is 5.20. The average Bonchev–Trinajstić information content (AvgIpc) is 2.06. The summed E-state index contributed by atoms with van der Waals surface area (Å²) in [6.45, 7) is 4.04. The Kier molecular flexibility index (Phi) is 2.25. The molecule has 0 saturated heterocycles. The molecule has 0 bridgehead atoms. The Morgan fingerprint density at radius 3 is 3.08 bits per heavy atom. The molecule has 0 spiro atoms. The minimum absolute atomic E-state index is 0.242. The molecule has 0 fully saturated rings. The van der Waals surface area contributed by atoms with Crippen LogP contribution in [0.25, 0.3) is 0 Å². The highest BCUT2D eigenvalue weighted by molar-refractivity contribution is 6.30. The zero-order valence-corrected chi connectivity index (χ0v) is 8.84. The number of allylic oxidation sites excluding steroid dienone is 1. The van der Waals surface area contributed by atoms with Gasteiger partial charge in [-0.05, 0) is 26.7 Å². The van der Waals surface area contributed by atoms with Crippen LogP contribution in [-0.2, 0) is 4.74 Å². The molecule has 1 heterocycles. The fourth-order valence-electron chi connectivity index (χ4n) is 1.92. The van der Waals surface area contributed by atoms with Crippen LogP contribution in [0.4, 0.5) is 0 Å². The van der Waals surface area contributed by atoms with E-state index in [0.717, 1.165) is 17.9 Å². The van der Waals surface area contributed by atoms with E-state index < -0.39 is 0 Å². The predicted molar refractivity (Wildman–Crippen MR) is 54.8 cm³/mol. The summed E-state index contributed by atoms with van der Waals surface area (Å²) in [6, 6.07) is 0. The van der Waals surface area contributed by atoms with Gasteiger partial charge in [0.2, 0.25) is 0 Å². The zero-order chi connectivity index (χ0) is 9.47. The van der Waals surface area contributed by atoms with Gasteiger partial charge >= 0.3 is 0 Å². The van der Waals surface area contributed by atoms with Crippen molar-refractivity contribution in [1.82, 2.24) is 0 Å². The van der Waals surface area contributed by atoms with Gasteiger partial charge < -0.3 is 4.74 Å². The number of ether oxygens (including phenoxy) is 1. The average molecular weight is 199 g/mol. The maximum absolute atomic E-state index is 6.14. The van der Waals surface area contributed by atoms with Crippen molar-refractivity contribution >= 4 is 11.6 Å². The Morgan fingerprint density at radius 2 is 2.31 bits per heavy atom. The van der Waals surface area contributed by atoms with E-state index in [2.05, 4.69) is 18.2 Å². The molecule has 1 nitrogen and oxygen atoms in total. The summed E-state index contributed by atoms with van der Waals surface area (Å²) in [5.41, 5.74) is -0.301. The van der Waals surface area contributed by atoms with Crippen molar-refractivity contribution in [3.05, 3.63) is 23.3 Å². The Balaban J connectivity index is 2.27. The quantitative estimate of drug-likeness (QED) is 0.543. The normalized spacial score (nSPS) is 36.7. The lowest BCUT2D eigenvalue weighted by molar-refractivity contribution is -0.0535. The molecule has 2 aliphatic rings. The molecule has 2 unspecified atom stereocenters. The Morgan fingerprint density at radius 1 is 1.54 bits per heavy atom. The molecule has 0 amide bonds. The Labute approximate surface area is 84.4 Å². The number of hydrogen-bond acceptors (Lipinski definition) is 1. The highest BCUT2D eigenvalue weighted by Crippen LogP contribution is 2.38. The maximum Gasteiger partial charge on any atom is 0.0985 e. The molecule has 2 atom stereocenters. The molecule has 1 aliphatic heterocycles. The molecular weight excluding hydrogens is 184 g/mol. The number of rotatable bonds is 0. The topological polar surface area (TPSA) is 9.23 Å². The van der Waals surface area contributed by atoms with E-state index in [-0.39, 0.29) is 11.7 Å². The largest absolute Gasteiger partial charge is 0.362 e. The lowest BCUT2D eigenvalue weighted by Gasteiger charge is -2.39. The second-order valence-electron chi connectivity index (χ2n) is 4.28. The summed E-state index contributed by atoms with van der Waals surface area (Å²) in [7, 11) is 0. The SMILES string of the molecule is CC1(C)OC2C=CCCC2C=C1Cl. The highest BCUT2D eigenvalue weighted by Gasteiger charge is 2.35. The number of halogens is 1. The lowest BCUT2D eigenvalue weighted by Crippen LogP contribution is -2.39. The molecule has 72 valence electrons. The zero-order valence-electron chi connectivity index (χ0n) is 8.09. The molecule has 0 aromatic rings. The van der Waals surface area contributed by atoms with Crippen molar-refractivity contribution in [3.8, 4) is 0 Å². The van der Waals surface area contributed by atoms with Crippen LogP contribution in [0.5, 0.6) is 0 Å². The van der Waals surface area contributed by atoms with E-state index in [9.17, 15) is 0 Å². The van der Waals surface area contributed by atoms with Crippen molar-refractivity contribution in [2.75, 3.05) is 0 Å². The van der Waals surface area contributed by atoms with Gasteiger partial charge in [-0.3, -0.25) is 0 Å². The first kappa shape index (κ1) is 9.29. The van der Waals surface area contributed by atoms with Crippen molar-refractivity contribution in [3.63, 3.8) is 0 Å². The first-order valence-electron chi connectivity index (χ1n) is 4.82. The summed E-state index contributed by atoms with van der Waals surface area (Å²) in [5.74, 6) is 0.491. The van der Waals surface area contributed by atoms with Crippen LogP contribution in [-0.4, -0.2) is 11.7 Å². The molecule has 1 aliphatic carbocycles. The molecule has 2 rings (SSSR count). The third kappa shape index (κ3) is 1.68. The monoisotopic (exact) mass is 198 g/mol. The predicted octanol–water partition coefficient (Wildman–Crippen LogP) is 3.25. The van der Waals surface area contributed by atoms with Crippen molar-refractivity contribution in [1.29, 1.82) is 0 Å². The third-order valence-electron chi connectivity index (χ3n) is 2.78. The summed E-state index contributed by atoms with van der Waals surface area (Å²) in [4.78, 5) is 0. The standard InChI is InChI=1S/C11H15ClO/c1-11(2)10(12)7-8-5-3-4-6-9(8)13-11/h4,6-9H,3,5H2,1-2H3. The number of fused-ring (bicyclic) bond motifs is 1. The smallest absolute Gasteiger partial charge is 0.0985 e. The lowest BCUT2D eigenvalue weighted by atomic mass is 9.86. The minimum Gasteiger partial charge on any atom is -0.362 e. The fraction of sp³-hybridized carbons (Fsp3) is 0.636. The van der Waals surface area contributed by atoms with Crippen molar-refractivity contribution in [2.24, 2.45) is 5.92 Å². The molecule has 0 aromatic carbocycles. The molecule has 13 heavy (non-hydrogen) atoms. The van der Waals surface area contributed by atoms with Crippen LogP contribution in [0.1, 0.15) is 26.7 Å². The van der Waals surface area contributed by atoms with Crippen LogP contribution < -0.4 is 0 Å². The van der Waals surface area contributed by atoms with Crippen molar-refractivity contribution < 1.29 is 4.74 Å². The van der Waals surface area contributed by atoms with E-state index in [0.29, 0.717) is 5.92 Å².